The molecule has 0 radical (unpaired) electrons. The van der Waals surface area contributed by atoms with E-state index in [9.17, 15) is 9.18 Å². The summed E-state index contributed by atoms with van der Waals surface area (Å²) >= 11 is 5.67. The lowest BCUT2D eigenvalue weighted by atomic mass is 9.89. The second-order valence-electron chi connectivity index (χ2n) is 4.86. The largest absolute Gasteiger partial charge is 0.381 e. The number of pyridine rings is 1. The molecule has 1 aliphatic rings. The number of rotatable bonds is 5. The molecule has 0 saturated carbocycles. The predicted octanol–water partition coefficient (Wildman–Crippen LogP) is 1.96. The molecule has 1 aromatic heterocycles. The molecule has 5 nitrogen and oxygen atoms in total. The van der Waals surface area contributed by atoms with Gasteiger partial charge in [0.25, 0.3) is 0 Å². The Labute approximate surface area is 121 Å². The molecule has 2 rings (SSSR count). The van der Waals surface area contributed by atoms with Gasteiger partial charge >= 0.3 is 0 Å². The molecule has 0 aromatic carbocycles. The van der Waals surface area contributed by atoms with E-state index in [0.29, 0.717) is 13.2 Å². The highest BCUT2D eigenvalue weighted by Gasteiger charge is 2.26. The van der Waals surface area contributed by atoms with Crippen molar-refractivity contribution < 1.29 is 13.9 Å². The fraction of sp³-hybridized carbons (Fsp3) is 0.538. The third-order valence-electron chi connectivity index (χ3n) is 3.39. The van der Waals surface area contributed by atoms with Gasteiger partial charge in [-0.05, 0) is 24.8 Å². The first-order chi connectivity index (χ1) is 9.56. The van der Waals surface area contributed by atoms with E-state index in [1.165, 1.54) is 12.3 Å². The van der Waals surface area contributed by atoms with Crippen molar-refractivity contribution in [3.05, 3.63) is 23.1 Å². The molecule has 1 unspecified atom stereocenters. The summed E-state index contributed by atoms with van der Waals surface area (Å²) in [4.78, 5) is 15.1. The number of carbonyl (C=O) groups excluding carboxylic acids is 1. The fourth-order valence-electron chi connectivity index (χ4n) is 2.37. The van der Waals surface area contributed by atoms with Gasteiger partial charge < -0.3 is 15.8 Å². The highest BCUT2D eigenvalue weighted by molar-refractivity contribution is 6.30. The lowest BCUT2D eigenvalue weighted by Crippen LogP contribution is -2.37. The molecule has 7 heteroatoms. The van der Waals surface area contributed by atoms with E-state index in [-0.39, 0.29) is 29.2 Å². The number of amides is 1. The number of anilines is 1. The van der Waals surface area contributed by atoms with E-state index in [2.05, 4.69) is 10.3 Å². The topological polar surface area (TPSA) is 77.2 Å². The number of carbonyl (C=O) groups is 1. The minimum absolute atomic E-state index is 0.0899. The van der Waals surface area contributed by atoms with Crippen LogP contribution < -0.4 is 11.1 Å². The lowest BCUT2D eigenvalue weighted by molar-refractivity contribution is -0.118. The van der Waals surface area contributed by atoms with Crippen LogP contribution in [0.15, 0.2) is 12.3 Å². The molecule has 3 N–H and O–H groups in total. The molecule has 110 valence electrons. The van der Waals surface area contributed by atoms with Crippen molar-refractivity contribution in [2.75, 3.05) is 18.5 Å². The Kier molecular flexibility index (Phi) is 5.14. The maximum absolute atomic E-state index is 13.8. The van der Waals surface area contributed by atoms with E-state index in [4.69, 9.17) is 22.1 Å². The fourth-order valence-corrected chi connectivity index (χ4v) is 2.51. The number of nitrogens with two attached hydrogens (primary N) is 1. The van der Waals surface area contributed by atoms with E-state index in [1.807, 2.05) is 0 Å². The zero-order valence-corrected chi connectivity index (χ0v) is 11.7. The summed E-state index contributed by atoms with van der Waals surface area (Å²) in [5.74, 6) is -0.678. The summed E-state index contributed by atoms with van der Waals surface area (Å²) in [6.07, 6.45) is 3.10. The van der Waals surface area contributed by atoms with E-state index in [0.717, 1.165) is 12.8 Å². The molecule has 0 bridgehead atoms. The summed E-state index contributed by atoms with van der Waals surface area (Å²) in [6, 6.07) is 0.932. The number of primary amides is 1. The molecular formula is C13H17ClFN3O2. The van der Waals surface area contributed by atoms with Crippen LogP contribution in [0.2, 0.25) is 5.02 Å². The first-order valence-electron chi connectivity index (χ1n) is 6.50. The van der Waals surface area contributed by atoms with Gasteiger partial charge in [0.2, 0.25) is 5.91 Å². The smallest absolute Gasteiger partial charge is 0.219 e. The van der Waals surface area contributed by atoms with Gasteiger partial charge in [-0.15, -0.1) is 0 Å². The van der Waals surface area contributed by atoms with Crippen LogP contribution in [0.5, 0.6) is 0 Å². The van der Waals surface area contributed by atoms with Gasteiger partial charge in [-0.1, -0.05) is 11.6 Å². The maximum atomic E-state index is 13.8. The predicted molar refractivity (Wildman–Crippen MR) is 74.0 cm³/mol. The zero-order valence-electron chi connectivity index (χ0n) is 10.9. The van der Waals surface area contributed by atoms with Gasteiger partial charge in [0.1, 0.15) is 0 Å². The highest BCUT2D eigenvalue weighted by Crippen LogP contribution is 2.25. The second-order valence-corrected chi connectivity index (χ2v) is 5.29. The van der Waals surface area contributed by atoms with Crippen LogP contribution in [-0.2, 0) is 9.53 Å². The SMILES string of the molecule is NC(=O)CC(Nc1ncc(Cl)cc1F)C1CCOCC1. The average molecular weight is 302 g/mol. The molecule has 0 spiro atoms. The van der Waals surface area contributed by atoms with Gasteiger partial charge in [-0.3, -0.25) is 4.79 Å². The Morgan fingerprint density at radius 2 is 2.30 bits per heavy atom. The first kappa shape index (κ1) is 15.0. The number of nitrogens with zero attached hydrogens (tertiary/aromatic N) is 1. The number of hydrogen-bond acceptors (Lipinski definition) is 4. The standard InChI is InChI=1S/C13H17ClFN3O2/c14-9-5-10(15)13(17-7-9)18-11(6-12(16)19)8-1-3-20-4-2-8/h5,7-8,11H,1-4,6H2,(H2,16,19)(H,17,18). The van der Waals surface area contributed by atoms with Crippen LogP contribution in [0.25, 0.3) is 0 Å². The van der Waals surface area contributed by atoms with Crippen molar-refractivity contribution in [1.29, 1.82) is 0 Å². The Balaban J connectivity index is 2.11. The maximum Gasteiger partial charge on any atom is 0.219 e. The lowest BCUT2D eigenvalue weighted by Gasteiger charge is -2.30. The van der Waals surface area contributed by atoms with Crippen LogP contribution in [0.4, 0.5) is 10.2 Å². The number of hydrogen-bond donors (Lipinski definition) is 2. The van der Waals surface area contributed by atoms with Crippen molar-refractivity contribution in [3.63, 3.8) is 0 Å². The monoisotopic (exact) mass is 301 g/mol. The number of aromatic nitrogens is 1. The molecule has 20 heavy (non-hydrogen) atoms. The summed E-state index contributed by atoms with van der Waals surface area (Å²) < 4.78 is 19.1. The molecule has 1 atom stereocenters. The van der Waals surface area contributed by atoms with Gasteiger partial charge in [0, 0.05) is 31.9 Å². The highest BCUT2D eigenvalue weighted by atomic mass is 35.5. The van der Waals surface area contributed by atoms with Crippen molar-refractivity contribution in [1.82, 2.24) is 4.98 Å². The van der Waals surface area contributed by atoms with E-state index < -0.39 is 11.7 Å². The Hall–Kier alpha value is -1.40. The van der Waals surface area contributed by atoms with Gasteiger partial charge in [-0.25, -0.2) is 9.37 Å². The molecule has 1 amide bonds. The van der Waals surface area contributed by atoms with Crippen molar-refractivity contribution in [2.24, 2.45) is 11.7 Å². The van der Waals surface area contributed by atoms with Gasteiger partial charge in [0.05, 0.1) is 5.02 Å². The molecule has 2 heterocycles. The van der Waals surface area contributed by atoms with Crippen LogP contribution in [0.1, 0.15) is 19.3 Å². The minimum Gasteiger partial charge on any atom is -0.381 e. The third kappa shape index (κ3) is 4.05. The van der Waals surface area contributed by atoms with Crippen molar-refractivity contribution >= 4 is 23.3 Å². The summed E-state index contributed by atoms with van der Waals surface area (Å²) in [6.45, 7) is 1.27. The van der Waals surface area contributed by atoms with Gasteiger partial charge in [0.15, 0.2) is 11.6 Å². The second kappa shape index (κ2) is 6.85. The van der Waals surface area contributed by atoms with E-state index in [1.54, 1.807) is 0 Å². The van der Waals surface area contributed by atoms with Crippen LogP contribution >= 0.6 is 11.6 Å². The molecule has 1 aliphatic heterocycles. The zero-order chi connectivity index (χ0) is 14.5. The average Bonchev–Trinajstić information content (AvgIpc) is 2.41. The Morgan fingerprint density at radius 1 is 1.60 bits per heavy atom. The summed E-state index contributed by atoms with van der Waals surface area (Å²) in [7, 11) is 0. The van der Waals surface area contributed by atoms with E-state index >= 15 is 0 Å². The summed E-state index contributed by atoms with van der Waals surface area (Å²) in [5.41, 5.74) is 5.27. The van der Waals surface area contributed by atoms with Crippen LogP contribution in [0, 0.1) is 11.7 Å². The number of nitrogens with one attached hydrogen (secondary N) is 1. The molecular weight excluding hydrogens is 285 g/mol. The van der Waals surface area contributed by atoms with Crippen LogP contribution in [-0.4, -0.2) is 30.1 Å². The quantitative estimate of drug-likeness (QED) is 0.871. The number of halogens is 2. The minimum atomic E-state index is -0.543. The third-order valence-corrected chi connectivity index (χ3v) is 3.59. The van der Waals surface area contributed by atoms with Crippen LogP contribution in [0.3, 0.4) is 0 Å². The molecule has 1 fully saturated rings. The van der Waals surface area contributed by atoms with Gasteiger partial charge in [-0.2, -0.15) is 0 Å². The van der Waals surface area contributed by atoms with Crippen molar-refractivity contribution in [2.45, 2.75) is 25.3 Å². The first-order valence-corrected chi connectivity index (χ1v) is 6.87. The Bertz CT molecular complexity index is 481. The van der Waals surface area contributed by atoms with Crippen molar-refractivity contribution in [3.8, 4) is 0 Å². The Morgan fingerprint density at radius 3 is 2.90 bits per heavy atom. The number of ether oxygens (including phenoxy) is 1. The summed E-state index contributed by atoms with van der Waals surface area (Å²) in [5, 5.41) is 3.20. The molecule has 1 saturated heterocycles. The molecule has 1 aromatic rings. The molecule has 0 aliphatic carbocycles. The normalized spacial score (nSPS) is 17.7.